The number of benzene rings is 1. The minimum Gasteiger partial charge on any atom is -0.465 e. The van der Waals surface area contributed by atoms with Gasteiger partial charge in [0.1, 0.15) is 0 Å². The van der Waals surface area contributed by atoms with Crippen LogP contribution in [-0.4, -0.2) is 27.6 Å². The van der Waals surface area contributed by atoms with Gasteiger partial charge >= 0.3 is 6.09 Å². The van der Waals surface area contributed by atoms with E-state index in [1.807, 2.05) is 6.08 Å². The minimum atomic E-state index is -1.01. The van der Waals surface area contributed by atoms with Crippen molar-refractivity contribution in [1.29, 1.82) is 0 Å². The SMILES string of the molecule is O=C(O)N1CCC=C1c1ccc([N+](=O)[O-])cc1. The molecule has 0 aromatic heterocycles. The monoisotopic (exact) mass is 234 g/mol. The number of non-ortho nitro benzene ring substituents is 1. The van der Waals surface area contributed by atoms with Crippen LogP contribution < -0.4 is 0 Å². The number of nitrogens with zero attached hydrogens (tertiary/aromatic N) is 2. The molecule has 0 aliphatic carbocycles. The van der Waals surface area contributed by atoms with E-state index in [1.165, 1.54) is 17.0 Å². The summed E-state index contributed by atoms with van der Waals surface area (Å²) in [6, 6.07) is 5.86. The van der Waals surface area contributed by atoms with Crippen molar-refractivity contribution in [3.63, 3.8) is 0 Å². The summed E-state index contributed by atoms with van der Waals surface area (Å²) >= 11 is 0. The Balaban J connectivity index is 2.28. The maximum absolute atomic E-state index is 10.9. The molecule has 1 aromatic carbocycles. The molecule has 88 valence electrons. The number of carbonyl (C=O) groups is 1. The number of nitro benzene ring substituents is 1. The summed E-state index contributed by atoms with van der Waals surface area (Å²) in [5.74, 6) is 0. The van der Waals surface area contributed by atoms with Crippen LogP contribution in [0.3, 0.4) is 0 Å². The van der Waals surface area contributed by atoms with Crippen LogP contribution in [0, 0.1) is 10.1 Å². The van der Waals surface area contributed by atoms with Crippen molar-refractivity contribution in [3.8, 4) is 0 Å². The van der Waals surface area contributed by atoms with Gasteiger partial charge in [0.15, 0.2) is 0 Å². The molecule has 6 heteroatoms. The lowest BCUT2D eigenvalue weighted by Crippen LogP contribution is -2.24. The van der Waals surface area contributed by atoms with E-state index in [1.54, 1.807) is 12.1 Å². The predicted molar refractivity (Wildman–Crippen MR) is 60.4 cm³/mol. The maximum Gasteiger partial charge on any atom is 0.411 e. The summed E-state index contributed by atoms with van der Waals surface area (Å²) in [6.45, 7) is 0.432. The summed E-state index contributed by atoms with van der Waals surface area (Å²) < 4.78 is 0. The average Bonchev–Trinajstić information content (AvgIpc) is 2.78. The molecule has 0 fully saturated rings. The summed E-state index contributed by atoms with van der Waals surface area (Å²) in [6.07, 6.45) is 1.47. The smallest absolute Gasteiger partial charge is 0.411 e. The number of hydrogen-bond acceptors (Lipinski definition) is 3. The van der Waals surface area contributed by atoms with Gasteiger partial charge in [0.2, 0.25) is 0 Å². The Bertz CT molecular complexity index is 493. The zero-order chi connectivity index (χ0) is 12.4. The molecule has 1 amide bonds. The first kappa shape index (κ1) is 11.1. The Labute approximate surface area is 96.9 Å². The molecule has 0 bridgehead atoms. The summed E-state index contributed by atoms with van der Waals surface area (Å²) in [5, 5.41) is 19.5. The topological polar surface area (TPSA) is 83.7 Å². The van der Waals surface area contributed by atoms with Crippen molar-refractivity contribution in [3.05, 3.63) is 46.0 Å². The van der Waals surface area contributed by atoms with Gasteiger partial charge in [-0.15, -0.1) is 0 Å². The lowest BCUT2D eigenvalue weighted by molar-refractivity contribution is -0.384. The number of hydrogen-bond donors (Lipinski definition) is 1. The third kappa shape index (κ3) is 2.10. The Morgan fingerprint density at radius 2 is 2.00 bits per heavy atom. The number of amides is 1. The van der Waals surface area contributed by atoms with Crippen LogP contribution >= 0.6 is 0 Å². The van der Waals surface area contributed by atoms with Crippen LogP contribution in [-0.2, 0) is 0 Å². The maximum atomic E-state index is 10.9. The zero-order valence-corrected chi connectivity index (χ0v) is 8.87. The van der Waals surface area contributed by atoms with Crippen molar-refractivity contribution >= 4 is 17.5 Å². The largest absolute Gasteiger partial charge is 0.465 e. The molecule has 0 unspecified atom stereocenters. The fourth-order valence-corrected chi connectivity index (χ4v) is 1.79. The first-order chi connectivity index (χ1) is 8.09. The Hall–Kier alpha value is -2.37. The van der Waals surface area contributed by atoms with E-state index in [0.717, 1.165) is 0 Å². The molecule has 17 heavy (non-hydrogen) atoms. The molecule has 1 aliphatic rings. The summed E-state index contributed by atoms with van der Waals surface area (Å²) in [4.78, 5) is 22.2. The van der Waals surface area contributed by atoms with Gasteiger partial charge < -0.3 is 5.11 Å². The van der Waals surface area contributed by atoms with E-state index in [0.29, 0.717) is 24.2 Å². The highest BCUT2D eigenvalue weighted by atomic mass is 16.6. The standard InChI is InChI=1S/C11H10N2O4/c14-11(15)12-7-1-2-10(12)8-3-5-9(6-4-8)13(16)17/h2-6H,1,7H2,(H,14,15). The third-order valence-corrected chi connectivity index (χ3v) is 2.59. The first-order valence-electron chi connectivity index (χ1n) is 5.05. The summed E-state index contributed by atoms with van der Waals surface area (Å²) in [7, 11) is 0. The van der Waals surface area contributed by atoms with Crippen LogP contribution in [0.5, 0.6) is 0 Å². The Morgan fingerprint density at radius 1 is 1.35 bits per heavy atom. The van der Waals surface area contributed by atoms with Crippen molar-refractivity contribution in [2.45, 2.75) is 6.42 Å². The van der Waals surface area contributed by atoms with E-state index in [4.69, 9.17) is 5.11 Å². The normalized spacial score (nSPS) is 14.6. The molecular formula is C11H10N2O4. The minimum absolute atomic E-state index is 0.00535. The van der Waals surface area contributed by atoms with Gasteiger partial charge in [-0.25, -0.2) is 4.79 Å². The number of nitro groups is 1. The van der Waals surface area contributed by atoms with Crippen molar-refractivity contribution in [2.75, 3.05) is 6.54 Å². The van der Waals surface area contributed by atoms with E-state index >= 15 is 0 Å². The summed E-state index contributed by atoms with van der Waals surface area (Å²) in [5.41, 5.74) is 1.26. The van der Waals surface area contributed by atoms with Gasteiger partial charge in [0.05, 0.1) is 10.6 Å². The molecule has 1 heterocycles. The fourth-order valence-electron chi connectivity index (χ4n) is 1.79. The molecule has 1 aliphatic heterocycles. The van der Waals surface area contributed by atoms with Crippen LogP contribution in [0.1, 0.15) is 12.0 Å². The third-order valence-electron chi connectivity index (χ3n) is 2.59. The molecule has 0 spiro atoms. The molecule has 0 atom stereocenters. The van der Waals surface area contributed by atoms with Crippen molar-refractivity contribution in [2.24, 2.45) is 0 Å². The highest BCUT2D eigenvalue weighted by molar-refractivity contribution is 5.82. The predicted octanol–water partition coefficient (Wildman–Crippen LogP) is 2.32. The molecule has 6 nitrogen and oxygen atoms in total. The molecule has 0 radical (unpaired) electrons. The van der Waals surface area contributed by atoms with Crippen LogP contribution in [0.15, 0.2) is 30.3 Å². The van der Waals surface area contributed by atoms with Crippen LogP contribution in [0.2, 0.25) is 0 Å². The Kier molecular flexibility index (Phi) is 2.78. The average molecular weight is 234 g/mol. The van der Waals surface area contributed by atoms with Gasteiger partial charge in [0.25, 0.3) is 5.69 Å². The molecular weight excluding hydrogens is 224 g/mol. The molecule has 0 saturated heterocycles. The number of carboxylic acid groups (broad SMARTS) is 1. The van der Waals surface area contributed by atoms with Crippen molar-refractivity contribution in [1.82, 2.24) is 4.90 Å². The second-order valence-corrected chi connectivity index (χ2v) is 3.62. The van der Waals surface area contributed by atoms with Gasteiger partial charge in [-0.1, -0.05) is 6.08 Å². The van der Waals surface area contributed by atoms with Crippen LogP contribution in [0.25, 0.3) is 5.70 Å². The molecule has 1 N–H and O–H groups in total. The van der Waals surface area contributed by atoms with Crippen LogP contribution in [0.4, 0.5) is 10.5 Å². The Morgan fingerprint density at radius 3 is 2.53 bits per heavy atom. The first-order valence-corrected chi connectivity index (χ1v) is 5.05. The molecule has 0 saturated carbocycles. The van der Waals surface area contributed by atoms with E-state index < -0.39 is 11.0 Å². The molecule has 2 rings (SSSR count). The van der Waals surface area contributed by atoms with Crippen molar-refractivity contribution < 1.29 is 14.8 Å². The van der Waals surface area contributed by atoms with E-state index in [-0.39, 0.29) is 5.69 Å². The second-order valence-electron chi connectivity index (χ2n) is 3.62. The van der Waals surface area contributed by atoms with Gasteiger partial charge in [0, 0.05) is 18.7 Å². The van der Waals surface area contributed by atoms with Gasteiger partial charge in [-0.05, 0) is 24.1 Å². The van der Waals surface area contributed by atoms with Gasteiger partial charge in [-0.2, -0.15) is 0 Å². The zero-order valence-electron chi connectivity index (χ0n) is 8.87. The lowest BCUT2D eigenvalue weighted by atomic mass is 10.1. The second kappa shape index (κ2) is 4.25. The quantitative estimate of drug-likeness (QED) is 0.628. The van der Waals surface area contributed by atoms with E-state index in [9.17, 15) is 14.9 Å². The number of rotatable bonds is 2. The lowest BCUT2D eigenvalue weighted by Gasteiger charge is -2.16. The highest BCUT2D eigenvalue weighted by Gasteiger charge is 2.22. The highest BCUT2D eigenvalue weighted by Crippen LogP contribution is 2.26. The van der Waals surface area contributed by atoms with E-state index in [2.05, 4.69) is 0 Å². The molecule has 1 aromatic rings. The van der Waals surface area contributed by atoms with Gasteiger partial charge in [-0.3, -0.25) is 15.0 Å². The fraction of sp³-hybridized carbons (Fsp3) is 0.182.